The molecule has 3 aromatic heterocycles. The fraction of sp³-hybridized carbons (Fsp3) is 0.429. The topological polar surface area (TPSA) is 81.9 Å². The van der Waals surface area contributed by atoms with Crippen LogP contribution in [0.2, 0.25) is 0 Å². The van der Waals surface area contributed by atoms with Gasteiger partial charge in [0.05, 0.1) is 36.0 Å². The molecule has 3 aromatic rings. The molecule has 0 radical (unpaired) electrons. The maximum Gasteiger partial charge on any atom is 0.252 e. The molecule has 1 aliphatic carbocycles. The van der Waals surface area contributed by atoms with Gasteiger partial charge < -0.3 is 10.1 Å². The zero-order chi connectivity index (χ0) is 20.0. The third-order valence-corrected chi connectivity index (χ3v) is 5.39. The Morgan fingerprint density at radius 3 is 2.75 bits per heavy atom. The van der Waals surface area contributed by atoms with E-state index in [1.54, 1.807) is 18.0 Å². The zero-order valence-corrected chi connectivity index (χ0v) is 17.0. The number of hydrogen-bond acceptors (Lipinski definition) is 5. The van der Waals surface area contributed by atoms with Crippen molar-refractivity contribution in [2.24, 2.45) is 7.05 Å². The number of aryl methyl sites for hydroxylation is 3. The molecule has 4 rings (SSSR count). The second-order valence-corrected chi connectivity index (χ2v) is 7.51. The van der Waals surface area contributed by atoms with Crippen molar-refractivity contribution in [1.29, 1.82) is 0 Å². The van der Waals surface area contributed by atoms with Gasteiger partial charge in [-0.15, -0.1) is 0 Å². The molecule has 0 unspecified atom stereocenters. The molecule has 1 saturated carbocycles. The number of carbonyl (C=O) groups is 1. The summed E-state index contributed by atoms with van der Waals surface area (Å²) >= 11 is 0. The van der Waals surface area contributed by atoms with Crippen LogP contribution >= 0.6 is 0 Å². The van der Waals surface area contributed by atoms with E-state index < -0.39 is 0 Å². The van der Waals surface area contributed by atoms with Crippen LogP contribution in [0.15, 0.2) is 12.3 Å². The third-order valence-electron chi connectivity index (χ3n) is 5.39. The number of nitrogens with one attached hydrogen (secondary N) is 1. The highest BCUT2D eigenvalue weighted by Gasteiger charge is 2.28. The van der Waals surface area contributed by atoms with Crippen molar-refractivity contribution in [1.82, 2.24) is 25.1 Å². The van der Waals surface area contributed by atoms with Crippen LogP contribution in [-0.2, 0) is 13.6 Å². The highest BCUT2D eigenvalue weighted by Crippen LogP contribution is 2.40. The number of ether oxygens (including phenoxy) is 1. The van der Waals surface area contributed by atoms with E-state index >= 15 is 0 Å². The minimum Gasteiger partial charge on any atom is -0.496 e. The van der Waals surface area contributed by atoms with Crippen molar-refractivity contribution in [2.45, 2.75) is 46.1 Å². The van der Waals surface area contributed by atoms with Crippen LogP contribution < -0.4 is 10.1 Å². The largest absolute Gasteiger partial charge is 0.496 e. The summed E-state index contributed by atoms with van der Waals surface area (Å²) in [6.07, 6.45) is 4.03. The Morgan fingerprint density at radius 1 is 1.32 bits per heavy atom. The van der Waals surface area contributed by atoms with Crippen LogP contribution in [0.1, 0.15) is 57.3 Å². The van der Waals surface area contributed by atoms with Crippen molar-refractivity contribution in [3.8, 4) is 5.75 Å². The smallest absolute Gasteiger partial charge is 0.252 e. The van der Waals surface area contributed by atoms with E-state index in [1.807, 2.05) is 33.9 Å². The molecule has 7 heteroatoms. The van der Waals surface area contributed by atoms with Gasteiger partial charge >= 0.3 is 0 Å². The molecule has 28 heavy (non-hydrogen) atoms. The minimum atomic E-state index is -0.133. The van der Waals surface area contributed by atoms with Gasteiger partial charge in [0, 0.05) is 36.0 Å². The van der Waals surface area contributed by atoms with Gasteiger partial charge in [0.2, 0.25) is 0 Å². The lowest BCUT2D eigenvalue weighted by atomic mass is 10.1. The van der Waals surface area contributed by atoms with Gasteiger partial charge in [-0.1, -0.05) is 0 Å². The van der Waals surface area contributed by atoms with Gasteiger partial charge in [0.15, 0.2) is 5.65 Å². The second kappa shape index (κ2) is 6.89. The van der Waals surface area contributed by atoms with E-state index in [-0.39, 0.29) is 5.91 Å². The maximum atomic E-state index is 13.1. The highest BCUT2D eigenvalue weighted by atomic mass is 16.5. The Balaban J connectivity index is 1.66. The molecule has 146 valence electrons. The molecule has 1 amide bonds. The number of amides is 1. The van der Waals surface area contributed by atoms with E-state index in [9.17, 15) is 4.79 Å². The number of methoxy groups -OCH3 is 1. The zero-order valence-electron chi connectivity index (χ0n) is 17.0. The van der Waals surface area contributed by atoms with Crippen LogP contribution in [0.25, 0.3) is 11.0 Å². The van der Waals surface area contributed by atoms with Gasteiger partial charge in [-0.2, -0.15) is 5.10 Å². The number of nitrogens with zero attached hydrogens (tertiary/aromatic N) is 4. The van der Waals surface area contributed by atoms with Crippen molar-refractivity contribution >= 4 is 16.9 Å². The summed E-state index contributed by atoms with van der Waals surface area (Å²) in [5.74, 6) is 1.13. The molecule has 0 aliphatic heterocycles. The quantitative estimate of drug-likeness (QED) is 0.737. The van der Waals surface area contributed by atoms with Gasteiger partial charge in [-0.25, -0.2) is 4.98 Å². The number of rotatable bonds is 5. The normalized spacial score (nSPS) is 13.8. The summed E-state index contributed by atoms with van der Waals surface area (Å²) in [5, 5.41) is 8.30. The average molecular weight is 379 g/mol. The van der Waals surface area contributed by atoms with Crippen LogP contribution in [0.3, 0.4) is 0 Å². The number of fused-ring (bicyclic) bond motifs is 1. The molecule has 7 nitrogen and oxygen atoms in total. The summed E-state index contributed by atoms with van der Waals surface area (Å²) in [7, 11) is 3.52. The van der Waals surface area contributed by atoms with Crippen LogP contribution in [0, 0.1) is 20.8 Å². The van der Waals surface area contributed by atoms with Crippen LogP contribution in [0.4, 0.5) is 0 Å². The van der Waals surface area contributed by atoms with Crippen molar-refractivity contribution < 1.29 is 9.53 Å². The third kappa shape index (κ3) is 3.10. The molecule has 0 bridgehead atoms. The lowest BCUT2D eigenvalue weighted by Gasteiger charge is -2.13. The molecule has 3 heterocycles. The minimum absolute atomic E-state index is 0.133. The fourth-order valence-electron chi connectivity index (χ4n) is 3.74. The van der Waals surface area contributed by atoms with E-state index in [4.69, 9.17) is 9.72 Å². The van der Waals surface area contributed by atoms with Gasteiger partial charge in [0.25, 0.3) is 5.91 Å². The summed E-state index contributed by atoms with van der Waals surface area (Å²) in [4.78, 5) is 22.3. The molecule has 1 N–H and O–H groups in total. The van der Waals surface area contributed by atoms with Gasteiger partial charge in [-0.3, -0.25) is 14.5 Å². The van der Waals surface area contributed by atoms with Gasteiger partial charge in [-0.05, 0) is 39.7 Å². The van der Waals surface area contributed by atoms with E-state index in [0.29, 0.717) is 18.0 Å². The summed E-state index contributed by atoms with van der Waals surface area (Å²) in [6, 6.07) is 1.93. The Hall–Kier alpha value is -2.96. The van der Waals surface area contributed by atoms with Gasteiger partial charge in [0.1, 0.15) is 5.75 Å². The molecule has 0 aromatic carbocycles. The number of carbonyl (C=O) groups excluding carboxylic acids is 1. The van der Waals surface area contributed by atoms with Crippen LogP contribution in [-0.4, -0.2) is 32.8 Å². The Bertz CT molecular complexity index is 1080. The molecule has 1 fully saturated rings. The van der Waals surface area contributed by atoms with Crippen LogP contribution in [0.5, 0.6) is 5.75 Å². The second-order valence-electron chi connectivity index (χ2n) is 7.51. The average Bonchev–Trinajstić information content (AvgIpc) is 3.47. The molecule has 0 atom stereocenters. The summed E-state index contributed by atoms with van der Waals surface area (Å²) in [6.45, 7) is 6.16. The maximum absolute atomic E-state index is 13.1. The summed E-state index contributed by atoms with van der Waals surface area (Å²) in [5.41, 5.74) is 5.90. The lowest BCUT2D eigenvalue weighted by molar-refractivity contribution is 0.0951. The number of pyridine rings is 2. The predicted octanol–water partition coefficient (Wildman–Crippen LogP) is 3.10. The Morgan fingerprint density at radius 2 is 2.07 bits per heavy atom. The first-order valence-electron chi connectivity index (χ1n) is 9.52. The highest BCUT2D eigenvalue weighted by molar-refractivity contribution is 6.06. The first kappa shape index (κ1) is 18.4. The van der Waals surface area contributed by atoms with Crippen molar-refractivity contribution in [2.75, 3.05) is 7.11 Å². The standard InChI is InChI=1S/C21H25N5O2/c1-11-9-22-17(12(2)19(11)28-5)10-23-21(27)15-8-16(14-6-7-14)24-20-18(15)13(3)25-26(20)4/h8-9,14H,6-7,10H2,1-5H3,(H,23,27). The van der Waals surface area contributed by atoms with E-state index in [2.05, 4.69) is 15.4 Å². The molecular weight excluding hydrogens is 354 g/mol. The first-order chi connectivity index (χ1) is 13.4. The first-order valence-corrected chi connectivity index (χ1v) is 9.52. The Labute approximate surface area is 164 Å². The molecule has 0 spiro atoms. The Kier molecular flexibility index (Phi) is 4.53. The number of aromatic nitrogens is 4. The van der Waals surface area contributed by atoms with E-state index in [1.165, 1.54) is 0 Å². The molecule has 1 aliphatic rings. The van der Waals surface area contributed by atoms with Crippen molar-refractivity contribution in [3.05, 3.63) is 46.0 Å². The monoisotopic (exact) mass is 379 g/mol. The lowest BCUT2D eigenvalue weighted by Crippen LogP contribution is -2.24. The molecule has 0 saturated heterocycles. The fourth-order valence-corrected chi connectivity index (χ4v) is 3.74. The predicted molar refractivity (Wildman–Crippen MR) is 107 cm³/mol. The SMILES string of the molecule is COc1c(C)cnc(CNC(=O)c2cc(C3CC3)nc3c2c(C)nn3C)c1C. The number of hydrogen-bond donors (Lipinski definition) is 1. The summed E-state index contributed by atoms with van der Waals surface area (Å²) < 4.78 is 7.21. The van der Waals surface area contributed by atoms with Crippen molar-refractivity contribution in [3.63, 3.8) is 0 Å². The van der Waals surface area contributed by atoms with E-state index in [0.717, 1.165) is 57.8 Å². The molecular formula is C21H25N5O2.